The van der Waals surface area contributed by atoms with E-state index in [1.165, 1.54) is 30.9 Å². The predicted octanol–water partition coefficient (Wildman–Crippen LogP) is 4.11. The van der Waals surface area contributed by atoms with Crippen LogP contribution in [0.2, 0.25) is 0 Å². The van der Waals surface area contributed by atoms with Crippen LogP contribution in [0, 0.1) is 5.82 Å². The van der Waals surface area contributed by atoms with Crippen LogP contribution in [0.3, 0.4) is 0 Å². The number of hydrogen-bond acceptors (Lipinski definition) is 1. The summed E-state index contributed by atoms with van der Waals surface area (Å²) in [5, 5.41) is 1.03. The molecule has 1 N–H and O–H groups in total. The molecule has 0 saturated carbocycles. The van der Waals surface area contributed by atoms with Crippen molar-refractivity contribution in [2.24, 2.45) is 0 Å². The number of piperidine rings is 1. The summed E-state index contributed by atoms with van der Waals surface area (Å²) in [6, 6.07) is 6.31. The lowest BCUT2D eigenvalue weighted by Crippen LogP contribution is -2.44. The van der Waals surface area contributed by atoms with Crippen molar-refractivity contribution in [3.8, 4) is 0 Å². The maximum atomic E-state index is 13.4. The largest absolute Gasteiger partial charge is 0.361 e. The number of H-pyrrole nitrogens is 1. The SMILES string of the molecule is C[C@@H]1CCC[C@H](C)N1CCc1c[nH]c2ccc(F)cc12. The van der Waals surface area contributed by atoms with Crippen molar-refractivity contribution in [2.45, 2.75) is 51.6 Å². The zero-order valence-corrected chi connectivity index (χ0v) is 12.3. The van der Waals surface area contributed by atoms with E-state index in [1.807, 2.05) is 12.3 Å². The van der Waals surface area contributed by atoms with E-state index < -0.39 is 0 Å². The van der Waals surface area contributed by atoms with Gasteiger partial charge in [-0.25, -0.2) is 4.39 Å². The third-order valence-electron chi connectivity index (χ3n) is 4.74. The molecule has 1 aliphatic rings. The second-order valence-electron chi connectivity index (χ2n) is 6.12. The molecule has 1 saturated heterocycles. The van der Waals surface area contributed by atoms with E-state index in [0.717, 1.165) is 23.9 Å². The van der Waals surface area contributed by atoms with Crippen LogP contribution in [0.25, 0.3) is 10.9 Å². The fourth-order valence-electron chi connectivity index (χ4n) is 3.52. The molecule has 0 amide bonds. The number of hydrogen-bond donors (Lipinski definition) is 1. The Morgan fingerprint density at radius 1 is 1.25 bits per heavy atom. The molecule has 1 fully saturated rings. The maximum absolute atomic E-state index is 13.4. The summed E-state index contributed by atoms with van der Waals surface area (Å²) < 4.78 is 13.4. The van der Waals surface area contributed by atoms with Crippen molar-refractivity contribution in [3.63, 3.8) is 0 Å². The molecule has 2 heterocycles. The van der Waals surface area contributed by atoms with Gasteiger partial charge in [-0.05, 0) is 56.9 Å². The minimum absolute atomic E-state index is 0.155. The fraction of sp³-hybridized carbons (Fsp3) is 0.529. The third kappa shape index (κ3) is 2.59. The third-order valence-corrected chi connectivity index (χ3v) is 4.74. The van der Waals surface area contributed by atoms with Crippen molar-refractivity contribution in [3.05, 3.63) is 35.8 Å². The summed E-state index contributed by atoms with van der Waals surface area (Å²) in [6.07, 6.45) is 6.96. The van der Waals surface area contributed by atoms with Crippen molar-refractivity contribution >= 4 is 10.9 Å². The normalized spacial score (nSPS) is 24.4. The standard InChI is InChI=1S/C17H23FN2/c1-12-4-3-5-13(2)20(12)9-8-14-11-19-17-7-6-15(18)10-16(14)17/h6-7,10-13,19H,3-5,8-9H2,1-2H3/t12-,13+. The molecule has 108 valence electrons. The molecule has 3 heteroatoms. The predicted molar refractivity (Wildman–Crippen MR) is 81.4 cm³/mol. The first kappa shape index (κ1) is 13.6. The number of nitrogens with zero attached hydrogens (tertiary/aromatic N) is 1. The van der Waals surface area contributed by atoms with Gasteiger partial charge in [0.15, 0.2) is 0 Å². The number of halogens is 1. The van der Waals surface area contributed by atoms with E-state index in [2.05, 4.69) is 23.7 Å². The van der Waals surface area contributed by atoms with E-state index in [-0.39, 0.29) is 5.82 Å². The van der Waals surface area contributed by atoms with E-state index in [4.69, 9.17) is 0 Å². The van der Waals surface area contributed by atoms with Crippen molar-refractivity contribution in [1.82, 2.24) is 9.88 Å². The molecule has 0 bridgehead atoms. The van der Waals surface area contributed by atoms with Crippen molar-refractivity contribution < 1.29 is 4.39 Å². The highest BCUT2D eigenvalue weighted by Gasteiger charge is 2.24. The lowest BCUT2D eigenvalue weighted by atomic mass is 9.97. The molecule has 0 aliphatic carbocycles. The van der Waals surface area contributed by atoms with Gasteiger partial charge in [-0.15, -0.1) is 0 Å². The second-order valence-corrected chi connectivity index (χ2v) is 6.12. The van der Waals surface area contributed by atoms with Crippen LogP contribution < -0.4 is 0 Å². The fourth-order valence-corrected chi connectivity index (χ4v) is 3.52. The van der Waals surface area contributed by atoms with Crippen molar-refractivity contribution in [1.29, 1.82) is 0 Å². The molecule has 0 radical (unpaired) electrons. The molecular formula is C17H23FN2. The summed E-state index contributed by atoms with van der Waals surface area (Å²) in [5.74, 6) is -0.155. The molecular weight excluding hydrogens is 251 g/mol. The lowest BCUT2D eigenvalue weighted by molar-refractivity contribution is 0.105. The molecule has 1 aromatic carbocycles. The number of aromatic amines is 1. The monoisotopic (exact) mass is 274 g/mol. The molecule has 3 rings (SSSR count). The van der Waals surface area contributed by atoms with Gasteiger partial charge in [-0.3, -0.25) is 4.90 Å². The van der Waals surface area contributed by atoms with Gasteiger partial charge in [0.1, 0.15) is 5.82 Å². The van der Waals surface area contributed by atoms with E-state index >= 15 is 0 Å². The van der Waals surface area contributed by atoms with Gasteiger partial charge in [-0.1, -0.05) is 6.42 Å². The van der Waals surface area contributed by atoms with E-state index in [1.54, 1.807) is 6.07 Å². The molecule has 2 atom stereocenters. The maximum Gasteiger partial charge on any atom is 0.123 e. The second kappa shape index (κ2) is 5.57. The minimum Gasteiger partial charge on any atom is -0.361 e. The summed E-state index contributed by atoms with van der Waals surface area (Å²) >= 11 is 0. The number of benzene rings is 1. The van der Waals surface area contributed by atoms with Crippen LogP contribution in [-0.2, 0) is 6.42 Å². The Labute approximate surface area is 120 Å². The first-order valence-electron chi connectivity index (χ1n) is 7.66. The molecule has 0 unspecified atom stereocenters. The Bertz CT molecular complexity index is 580. The molecule has 0 spiro atoms. The van der Waals surface area contributed by atoms with Gasteiger partial charge in [0, 0.05) is 35.7 Å². The molecule has 20 heavy (non-hydrogen) atoms. The number of nitrogens with one attached hydrogen (secondary N) is 1. The molecule has 1 aromatic heterocycles. The van der Waals surface area contributed by atoms with Crippen LogP contribution in [0.5, 0.6) is 0 Å². The summed E-state index contributed by atoms with van der Waals surface area (Å²) in [5.41, 5.74) is 2.26. The first-order chi connectivity index (χ1) is 9.65. The quantitative estimate of drug-likeness (QED) is 0.892. The van der Waals surface area contributed by atoms with Crippen LogP contribution in [0.4, 0.5) is 4.39 Å². The van der Waals surface area contributed by atoms with Gasteiger partial charge in [0.05, 0.1) is 0 Å². The highest BCUT2D eigenvalue weighted by Crippen LogP contribution is 2.24. The minimum atomic E-state index is -0.155. The lowest BCUT2D eigenvalue weighted by Gasteiger charge is -2.39. The topological polar surface area (TPSA) is 19.0 Å². The van der Waals surface area contributed by atoms with E-state index in [0.29, 0.717) is 12.1 Å². The molecule has 1 aliphatic heterocycles. The first-order valence-corrected chi connectivity index (χ1v) is 7.66. The van der Waals surface area contributed by atoms with Crippen LogP contribution >= 0.6 is 0 Å². The Balaban J connectivity index is 1.75. The molecule has 2 nitrogen and oxygen atoms in total. The van der Waals surface area contributed by atoms with Gasteiger partial charge in [0.25, 0.3) is 0 Å². The zero-order chi connectivity index (χ0) is 14.1. The Morgan fingerprint density at radius 3 is 2.75 bits per heavy atom. The zero-order valence-electron chi connectivity index (χ0n) is 12.3. The van der Waals surface area contributed by atoms with E-state index in [9.17, 15) is 4.39 Å². The van der Waals surface area contributed by atoms with Gasteiger partial charge < -0.3 is 4.98 Å². The van der Waals surface area contributed by atoms with Gasteiger partial charge in [-0.2, -0.15) is 0 Å². The molecule has 2 aromatic rings. The van der Waals surface area contributed by atoms with Gasteiger partial charge in [0.2, 0.25) is 0 Å². The van der Waals surface area contributed by atoms with Crippen molar-refractivity contribution in [2.75, 3.05) is 6.54 Å². The Morgan fingerprint density at radius 2 is 2.00 bits per heavy atom. The van der Waals surface area contributed by atoms with Crippen LogP contribution in [0.1, 0.15) is 38.7 Å². The summed E-state index contributed by atoms with van der Waals surface area (Å²) in [7, 11) is 0. The summed E-state index contributed by atoms with van der Waals surface area (Å²) in [4.78, 5) is 5.84. The number of aromatic nitrogens is 1. The summed E-state index contributed by atoms with van der Waals surface area (Å²) in [6.45, 7) is 5.71. The van der Waals surface area contributed by atoms with Gasteiger partial charge >= 0.3 is 0 Å². The highest BCUT2D eigenvalue weighted by atomic mass is 19.1. The smallest absolute Gasteiger partial charge is 0.123 e. The number of likely N-dealkylation sites (tertiary alicyclic amines) is 1. The Kier molecular flexibility index (Phi) is 3.79. The number of fused-ring (bicyclic) bond motifs is 1. The average molecular weight is 274 g/mol. The van der Waals surface area contributed by atoms with Crippen LogP contribution in [0.15, 0.2) is 24.4 Å². The Hall–Kier alpha value is -1.35. The average Bonchev–Trinajstić information content (AvgIpc) is 2.81. The van der Waals surface area contributed by atoms with Crippen LogP contribution in [-0.4, -0.2) is 28.5 Å². The highest BCUT2D eigenvalue weighted by molar-refractivity contribution is 5.83. The number of rotatable bonds is 3.